The Bertz CT molecular complexity index is 669. The molecular formula is C16H18N2O4. The van der Waals surface area contributed by atoms with Gasteiger partial charge in [-0.05, 0) is 38.1 Å². The first-order chi connectivity index (χ1) is 10.6. The predicted octanol–water partition coefficient (Wildman–Crippen LogP) is 2.65. The number of ether oxygens (including phenoxy) is 3. The monoisotopic (exact) mass is 302 g/mol. The Morgan fingerprint density at radius 3 is 2.32 bits per heavy atom. The summed E-state index contributed by atoms with van der Waals surface area (Å²) in [6, 6.07) is 7.45. The summed E-state index contributed by atoms with van der Waals surface area (Å²) >= 11 is 0. The summed E-state index contributed by atoms with van der Waals surface area (Å²) in [4.78, 5) is 20.7. The van der Waals surface area contributed by atoms with Crippen molar-refractivity contribution in [3.8, 4) is 23.0 Å². The first-order valence-electron chi connectivity index (χ1n) is 6.84. The highest BCUT2D eigenvalue weighted by atomic mass is 16.5. The number of aromatic nitrogens is 2. The van der Waals surface area contributed by atoms with E-state index in [-0.39, 0.29) is 12.6 Å². The fourth-order valence-electron chi connectivity index (χ4n) is 2.04. The highest BCUT2D eigenvalue weighted by molar-refractivity contribution is 5.97. The van der Waals surface area contributed by atoms with E-state index in [0.717, 1.165) is 11.3 Å². The maximum atomic E-state index is 12.2. The number of benzene rings is 1. The average molecular weight is 302 g/mol. The van der Waals surface area contributed by atoms with Crippen molar-refractivity contribution in [1.29, 1.82) is 0 Å². The second-order valence-corrected chi connectivity index (χ2v) is 4.47. The van der Waals surface area contributed by atoms with Gasteiger partial charge in [0, 0.05) is 5.56 Å². The van der Waals surface area contributed by atoms with Crippen molar-refractivity contribution in [1.82, 2.24) is 9.97 Å². The summed E-state index contributed by atoms with van der Waals surface area (Å²) in [6.45, 7) is 3.76. The lowest BCUT2D eigenvalue weighted by Crippen LogP contribution is -2.12. The van der Waals surface area contributed by atoms with Crippen LogP contribution in [0.1, 0.15) is 23.0 Å². The highest BCUT2D eigenvalue weighted by Gasteiger charge is 2.21. The van der Waals surface area contributed by atoms with Crippen LogP contribution in [0, 0.1) is 6.92 Å². The average Bonchev–Trinajstić information content (AvgIpc) is 2.54. The van der Waals surface area contributed by atoms with Gasteiger partial charge in [-0.3, -0.25) is 0 Å². The van der Waals surface area contributed by atoms with Crippen molar-refractivity contribution in [3.05, 3.63) is 35.5 Å². The number of methoxy groups -OCH3 is 2. The van der Waals surface area contributed by atoms with E-state index in [2.05, 4.69) is 9.97 Å². The van der Waals surface area contributed by atoms with E-state index in [0.29, 0.717) is 17.0 Å². The lowest BCUT2D eigenvalue weighted by molar-refractivity contribution is 0.0525. The number of rotatable bonds is 5. The Kier molecular flexibility index (Phi) is 4.93. The van der Waals surface area contributed by atoms with E-state index in [1.165, 1.54) is 7.11 Å². The van der Waals surface area contributed by atoms with Crippen LogP contribution in [0.2, 0.25) is 0 Å². The van der Waals surface area contributed by atoms with Crippen molar-refractivity contribution in [2.24, 2.45) is 0 Å². The van der Waals surface area contributed by atoms with Gasteiger partial charge in [0.1, 0.15) is 11.3 Å². The summed E-state index contributed by atoms with van der Waals surface area (Å²) in [6.07, 6.45) is 0. The topological polar surface area (TPSA) is 70.5 Å². The van der Waals surface area contributed by atoms with Crippen molar-refractivity contribution >= 4 is 5.97 Å². The maximum absolute atomic E-state index is 12.2. The molecule has 0 unspecified atom stereocenters. The molecule has 0 radical (unpaired) electrons. The van der Waals surface area contributed by atoms with Crippen LogP contribution < -0.4 is 9.47 Å². The molecule has 0 spiro atoms. The van der Waals surface area contributed by atoms with Crippen LogP contribution in [0.5, 0.6) is 11.8 Å². The van der Waals surface area contributed by atoms with E-state index >= 15 is 0 Å². The Hall–Kier alpha value is -2.63. The Morgan fingerprint density at radius 1 is 1.09 bits per heavy atom. The fourth-order valence-corrected chi connectivity index (χ4v) is 2.04. The number of carbonyl (C=O) groups is 1. The minimum atomic E-state index is -0.450. The van der Waals surface area contributed by atoms with Crippen LogP contribution >= 0.6 is 0 Å². The molecule has 6 nitrogen and oxygen atoms in total. The van der Waals surface area contributed by atoms with E-state index in [1.807, 2.05) is 12.1 Å². The fraction of sp³-hybridized carbons (Fsp3) is 0.312. The third-order valence-electron chi connectivity index (χ3n) is 3.09. The number of hydrogen-bond acceptors (Lipinski definition) is 6. The molecule has 0 aliphatic heterocycles. The third-order valence-corrected chi connectivity index (χ3v) is 3.09. The molecule has 0 fully saturated rings. The van der Waals surface area contributed by atoms with Crippen LogP contribution in [0.15, 0.2) is 24.3 Å². The van der Waals surface area contributed by atoms with E-state index in [4.69, 9.17) is 14.2 Å². The molecule has 0 bridgehead atoms. The number of nitrogens with zero attached hydrogens (tertiary/aromatic N) is 2. The summed E-state index contributed by atoms with van der Waals surface area (Å²) in [5, 5.41) is 0. The number of hydrogen-bond donors (Lipinski definition) is 0. The van der Waals surface area contributed by atoms with Gasteiger partial charge >= 0.3 is 12.0 Å². The number of aryl methyl sites for hydroxylation is 1. The van der Waals surface area contributed by atoms with Gasteiger partial charge in [0.05, 0.1) is 32.2 Å². The molecular weight excluding hydrogens is 284 g/mol. The summed E-state index contributed by atoms with van der Waals surface area (Å²) in [7, 11) is 3.08. The lowest BCUT2D eigenvalue weighted by Gasteiger charge is -2.12. The molecule has 1 aromatic carbocycles. The molecule has 0 atom stereocenters. The molecule has 116 valence electrons. The van der Waals surface area contributed by atoms with Gasteiger partial charge in [-0.1, -0.05) is 0 Å². The Morgan fingerprint density at radius 2 is 1.77 bits per heavy atom. The van der Waals surface area contributed by atoms with Crippen LogP contribution in [0.4, 0.5) is 0 Å². The van der Waals surface area contributed by atoms with Crippen molar-refractivity contribution in [2.45, 2.75) is 13.8 Å². The van der Waals surface area contributed by atoms with Gasteiger partial charge in [0.2, 0.25) is 0 Å². The molecule has 1 aromatic heterocycles. The van der Waals surface area contributed by atoms with E-state index < -0.39 is 5.97 Å². The predicted molar refractivity (Wildman–Crippen MR) is 81.3 cm³/mol. The van der Waals surface area contributed by atoms with E-state index in [1.54, 1.807) is 33.1 Å². The minimum Gasteiger partial charge on any atom is -0.497 e. The van der Waals surface area contributed by atoms with Gasteiger partial charge in [0.25, 0.3) is 0 Å². The Labute approximate surface area is 129 Å². The SMILES string of the molecule is CCOC(=O)c1c(C)nc(OC)nc1-c1ccc(OC)cc1. The smallest absolute Gasteiger partial charge is 0.342 e. The normalized spacial score (nSPS) is 10.2. The molecule has 0 saturated heterocycles. The summed E-state index contributed by atoms with van der Waals surface area (Å²) in [5.74, 6) is 0.271. The van der Waals surface area contributed by atoms with Gasteiger partial charge in [-0.25, -0.2) is 4.79 Å². The molecule has 0 aliphatic rings. The molecule has 0 saturated carbocycles. The van der Waals surface area contributed by atoms with Gasteiger partial charge in [-0.15, -0.1) is 0 Å². The molecule has 1 heterocycles. The zero-order chi connectivity index (χ0) is 16.1. The number of carbonyl (C=O) groups excluding carboxylic acids is 1. The zero-order valence-electron chi connectivity index (χ0n) is 13.0. The maximum Gasteiger partial charge on any atom is 0.342 e. The second kappa shape index (κ2) is 6.89. The van der Waals surface area contributed by atoms with Crippen LogP contribution in [0.25, 0.3) is 11.3 Å². The summed E-state index contributed by atoms with van der Waals surface area (Å²) in [5.41, 5.74) is 2.09. The quantitative estimate of drug-likeness (QED) is 0.791. The third kappa shape index (κ3) is 3.16. The standard InChI is InChI=1S/C16H18N2O4/c1-5-22-15(19)13-10(2)17-16(21-4)18-14(13)11-6-8-12(20-3)9-7-11/h6-9H,5H2,1-4H3. The molecule has 0 aliphatic carbocycles. The Balaban J connectivity index is 2.59. The molecule has 0 N–H and O–H groups in total. The van der Waals surface area contributed by atoms with Gasteiger partial charge in [-0.2, -0.15) is 9.97 Å². The molecule has 0 amide bonds. The first kappa shape index (κ1) is 15.8. The zero-order valence-corrected chi connectivity index (χ0v) is 13.0. The van der Waals surface area contributed by atoms with Gasteiger partial charge < -0.3 is 14.2 Å². The highest BCUT2D eigenvalue weighted by Crippen LogP contribution is 2.27. The molecule has 22 heavy (non-hydrogen) atoms. The van der Waals surface area contributed by atoms with Crippen molar-refractivity contribution in [2.75, 3.05) is 20.8 Å². The van der Waals surface area contributed by atoms with Crippen LogP contribution in [-0.2, 0) is 4.74 Å². The van der Waals surface area contributed by atoms with Crippen LogP contribution in [-0.4, -0.2) is 36.8 Å². The lowest BCUT2D eigenvalue weighted by atomic mass is 10.0. The summed E-state index contributed by atoms with van der Waals surface area (Å²) < 4.78 is 15.3. The second-order valence-electron chi connectivity index (χ2n) is 4.47. The van der Waals surface area contributed by atoms with Crippen LogP contribution in [0.3, 0.4) is 0 Å². The number of esters is 1. The molecule has 2 rings (SSSR count). The first-order valence-corrected chi connectivity index (χ1v) is 6.84. The molecule has 2 aromatic rings. The largest absolute Gasteiger partial charge is 0.497 e. The molecule has 6 heteroatoms. The van der Waals surface area contributed by atoms with Gasteiger partial charge in [0.15, 0.2) is 0 Å². The van der Waals surface area contributed by atoms with Crippen molar-refractivity contribution in [3.63, 3.8) is 0 Å². The van der Waals surface area contributed by atoms with E-state index in [9.17, 15) is 4.79 Å². The van der Waals surface area contributed by atoms with Crippen molar-refractivity contribution < 1.29 is 19.0 Å². The minimum absolute atomic E-state index is 0.205.